The van der Waals surface area contributed by atoms with Gasteiger partial charge < -0.3 is 5.32 Å². The van der Waals surface area contributed by atoms with Crippen LogP contribution < -0.4 is 5.32 Å². The van der Waals surface area contributed by atoms with Gasteiger partial charge in [-0.3, -0.25) is 4.79 Å². The largest absolute Gasteiger partial charge is 0.325 e. The van der Waals surface area contributed by atoms with E-state index in [4.69, 9.17) is 0 Å². The molecule has 1 saturated heterocycles. The number of benzene rings is 2. The molecule has 3 rings (SSSR count). The Balaban J connectivity index is 1.63. The van der Waals surface area contributed by atoms with Crippen LogP contribution in [-0.2, 0) is 14.8 Å². The van der Waals surface area contributed by atoms with Gasteiger partial charge in [-0.15, -0.1) is 11.8 Å². The van der Waals surface area contributed by atoms with E-state index in [1.54, 1.807) is 28.6 Å². The van der Waals surface area contributed by atoms with Gasteiger partial charge in [-0.25, -0.2) is 8.42 Å². The predicted octanol–water partition coefficient (Wildman–Crippen LogP) is 4.23. The molecular weight excluding hydrogens is 392 g/mol. The molecule has 1 heterocycles. The van der Waals surface area contributed by atoms with E-state index in [2.05, 4.69) is 12.2 Å². The molecule has 0 aromatic heterocycles. The topological polar surface area (TPSA) is 66.5 Å². The van der Waals surface area contributed by atoms with E-state index in [9.17, 15) is 13.2 Å². The van der Waals surface area contributed by atoms with Crippen LogP contribution in [0, 0.1) is 5.92 Å². The summed E-state index contributed by atoms with van der Waals surface area (Å²) in [7, 11) is -3.48. The average molecular weight is 419 g/mol. The summed E-state index contributed by atoms with van der Waals surface area (Å²) in [4.78, 5) is 13.7. The van der Waals surface area contributed by atoms with E-state index in [0.717, 1.165) is 17.7 Å². The van der Waals surface area contributed by atoms with Gasteiger partial charge in [0.15, 0.2) is 0 Å². The first kappa shape index (κ1) is 20.9. The first-order valence-electron chi connectivity index (χ1n) is 9.49. The number of nitrogens with zero attached hydrogens (tertiary/aromatic N) is 1. The molecule has 1 fully saturated rings. The summed E-state index contributed by atoms with van der Waals surface area (Å²) in [6, 6.07) is 16.2. The lowest BCUT2D eigenvalue weighted by Gasteiger charge is -2.30. The quantitative estimate of drug-likeness (QED) is 0.713. The number of carbonyl (C=O) groups excluding carboxylic acids is 1. The van der Waals surface area contributed by atoms with Gasteiger partial charge in [0.2, 0.25) is 15.9 Å². The van der Waals surface area contributed by atoms with E-state index in [0.29, 0.717) is 24.7 Å². The Labute approximate surface area is 171 Å². The van der Waals surface area contributed by atoms with Crippen LogP contribution in [0.2, 0.25) is 0 Å². The molecular formula is C21H26N2O3S2. The van der Waals surface area contributed by atoms with Crippen molar-refractivity contribution in [2.45, 2.75) is 41.7 Å². The normalized spacial score (nSPS) is 19.1. The van der Waals surface area contributed by atoms with E-state index >= 15 is 0 Å². The number of nitrogens with one attached hydrogen (secondary N) is 1. The van der Waals surface area contributed by atoms with Gasteiger partial charge in [0.25, 0.3) is 0 Å². The minimum Gasteiger partial charge on any atom is -0.325 e. The summed E-state index contributed by atoms with van der Waals surface area (Å²) in [5, 5.41) is 2.60. The molecule has 7 heteroatoms. The Bertz CT molecular complexity index is 899. The van der Waals surface area contributed by atoms with Crippen molar-refractivity contribution >= 4 is 33.4 Å². The molecule has 0 bridgehead atoms. The fourth-order valence-electron chi connectivity index (χ4n) is 3.22. The van der Waals surface area contributed by atoms with Crippen molar-refractivity contribution in [1.82, 2.24) is 4.31 Å². The number of piperidine rings is 1. The highest BCUT2D eigenvalue weighted by molar-refractivity contribution is 8.00. The highest BCUT2D eigenvalue weighted by Crippen LogP contribution is 2.26. The van der Waals surface area contributed by atoms with E-state index in [1.807, 2.05) is 37.3 Å². The van der Waals surface area contributed by atoms with Crippen molar-refractivity contribution in [2.75, 3.05) is 18.4 Å². The Kier molecular flexibility index (Phi) is 6.80. The molecule has 5 nitrogen and oxygen atoms in total. The maximum atomic E-state index is 12.8. The fraction of sp³-hybridized carbons (Fsp3) is 0.381. The molecule has 1 N–H and O–H groups in total. The van der Waals surface area contributed by atoms with Gasteiger partial charge in [0.05, 0.1) is 10.1 Å². The highest BCUT2D eigenvalue weighted by Gasteiger charge is 2.28. The molecule has 2 atom stereocenters. The van der Waals surface area contributed by atoms with Crippen LogP contribution in [0.5, 0.6) is 0 Å². The zero-order valence-corrected chi connectivity index (χ0v) is 17.8. The maximum Gasteiger partial charge on any atom is 0.243 e. The van der Waals surface area contributed by atoms with Gasteiger partial charge >= 0.3 is 0 Å². The zero-order chi connectivity index (χ0) is 20.1. The molecule has 1 aliphatic rings. The number of sulfonamides is 1. The molecule has 0 radical (unpaired) electrons. The van der Waals surface area contributed by atoms with Crippen molar-refractivity contribution in [3.05, 3.63) is 54.6 Å². The van der Waals surface area contributed by atoms with E-state index < -0.39 is 10.0 Å². The summed E-state index contributed by atoms with van der Waals surface area (Å²) in [6.45, 7) is 5.06. The standard InChI is InChI=1S/C21H26N2O3S2/c1-16-7-6-14-23(15-16)28(25,26)20-12-10-18(11-13-20)22-21(24)17(2)27-19-8-4-3-5-9-19/h3-5,8-13,16-17H,6-7,14-15H2,1-2H3,(H,22,24). The zero-order valence-electron chi connectivity index (χ0n) is 16.2. The minimum atomic E-state index is -3.48. The van der Waals surface area contributed by atoms with Gasteiger partial charge in [-0.1, -0.05) is 25.1 Å². The lowest BCUT2D eigenvalue weighted by atomic mass is 10.0. The molecule has 0 spiro atoms. The monoisotopic (exact) mass is 418 g/mol. The lowest BCUT2D eigenvalue weighted by molar-refractivity contribution is -0.115. The number of rotatable bonds is 6. The van der Waals surface area contributed by atoms with Crippen LogP contribution in [0.15, 0.2) is 64.4 Å². The van der Waals surface area contributed by atoms with Crippen LogP contribution in [0.1, 0.15) is 26.7 Å². The molecule has 1 amide bonds. The Morgan fingerprint density at radius 1 is 1.14 bits per heavy atom. The third-order valence-corrected chi connectivity index (χ3v) is 7.80. The van der Waals surface area contributed by atoms with Gasteiger partial charge in [-0.2, -0.15) is 4.31 Å². The smallest absolute Gasteiger partial charge is 0.243 e. The summed E-state index contributed by atoms with van der Waals surface area (Å²) >= 11 is 1.48. The van der Waals surface area contributed by atoms with Crippen LogP contribution in [0.4, 0.5) is 5.69 Å². The first-order chi connectivity index (χ1) is 13.4. The summed E-state index contributed by atoms with van der Waals surface area (Å²) < 4.78 is 27.2. The van der Waals surface area contributed by atoms with Crippen molar-refractivity contribution in [2.24, 2.45) is 5.92 Å². The number of hydrogen-bond acceptors (Lipinski definition) is 4. The molecule has 0 aliphatic carbocycles. The van der Waals surface area contributed by atoms with Gasteiger partial charge in [-0.05, 0) is 62.1 Å². The third kappa shape index (κ3) is 5.16. The average Bonchev–Trinajstić information content (AvgIpc) is 2.69. The van der Waals surface area contributed by atoms with Gasteiger partial charge in [0.1, 0.15) is 0 Å². The molecule has 2 aromatic rings. The Morgan fingerprint density at radius 3 is 2.46 bits per heavy atom. The molecule has 2 aromatic carbocycles. The molecule has 2 unspecified atom stereocenters. The van der Waals surface area contributed by atoms with Crippen LogP contribution in [0.25, 0.3) is 0 Å². The summed E-state index contributed by atoms with van der Waals surface area (Å²) in [5.74, 6) is 0.264. The number of carbonyl (C=O) groups is 1. The predicted molar refractivity (Wildman–Crippen MR) is 114 cm³/mol. The van der Waals surface area contributed by atoms with Crippen LogP contribution >= 0.6 is 11.8 Å². The number of anilines is 1. The van der Waals surface area contributed by atoms with Crippen molar-refractivity contribution in [3.63, 3.8) is 0 Å². The lowest BCUT2D eigenvalue weighted by Crippen LogP contribution is -2.39. The SMILES string of the molecule is CC1CCCN(S(=O)(=O)c2ccc(NC(=O)C(C)Sc3ccccc3)cc2)C1. The van der Waals surface area contributed by atoms with E-state index in [-0.39, 0.29) is 16.1 Å². The van der Waals surface area contributed by atoms with E-state index in [1.165, 1.54) is 11.8 Å². The molecule has 28 heavy (non-hydrogen) atoms. The second-order valence-electron chi connectivity index (χ2n) is 7.20. The Morgan fingerprint density at radius 2 is 1.82 bits per heavy atom. The Hall–Kier alpha value is -1.83. The summed E-state index contributed by atoms with van der Waals surface area (Å²) in [5.41, 5.74) is 0.594. The third-order valence-electron chi connectivity index (χ3n) is 4.80. The number of amides is 1. The van der Waals surface area contributed by atoms with Crippen LogP contribution in [-0.4, -0.2) is 37.0 Å². The second kappa shape index (κ2) is 9.11. The van der Waals surface area contributed by atoms with Crippen molar-refractivity contribution in [3.8, 4) is 0 Å². The maximum absolute atomic E-state index is 12.8. The highest BCUT2D eigenvalue weighted by atomic mass is 32.2. The minimum absolute atomic E-state index is 0.116. The van der Waals surface area contributed by atoms with Crippen molar-refractivity contribution in [1.29, 1.82) is 0 Å². The number of hydrogen-bond donors (Lipinski definition) is 1. The number of thioether (sulfide) groups is 1. The van der Waals surface area contributed by atoms with Crippen LogP contribution in [0.3, 0.4) is 0 Å². The van der Waals surface area contributed by atoms with Gasteiger partial charge in [0, 0.05) is 23.7 Å². The molecule has 1 aliphatic heterocycles. The molecule has 0 saturated carbocycles. The fourth-order valence-corrected chi connectivity index (χ4v) is 5.71. The second-order valence-corrected chi connectivity index (χ2v) is 10.5. The molecule has 150 valence electrons. The van der Waals surface area contributed by atoms with Crippen molar-refractivity contribution < 1.29 is 13.2 Å². The first-order valence-corrected chi connectivity index (χ1v) is 11.8. The summed E-state index contributed by atoms with van der Waals surface area (Å²) in [6.07, 6.45) is 1.96.